The summed E-state index contributed by atoms with van der Waals surface area (Å²) in [7, 11) is 0. The lowest BCUT2D eigenvalue weighted by atomic mass is 10.1. The summed E-state index contributed by atoms with van der Waals surface area (Å²) in [5, 5.41) is 74.7. The van der Waals surface area contributed by atoms with Gasteiger partial charge >= 0.3 is 41.8 Å². The minimum atomic E-state index is -2.30. The molecule has 0 aromatic rings. The smallest absolute Gasteiger partial charge is 0.326 e. The highest BCUT2D eigenvalue weighted by molar-refractivity contribution is 6.00. The number of amides is 6. The van der Waals surface area contributed by atoms with E-state index in [9.17, 15) is 77.6 Å². The molecule has 0 aliphatic heterocycles. The third-order valence-corrected chi connectivity index (χ3v) is 6.26. The number of carboxylic acids is 7. The zero-order valence-electron chi connectivity index (χ0n) is 26.9. The van der Waals surface area contributed by atoms with Crippen molar-refractivity contribution >= 4 is 77.2 Å². The van der Waals surface area contributed by atoms with E-state index in [1.807, 2.05) is 10.6 Å². The van der Waals surface area contributed by atoms with Crippen molar-refractivity contribution in [2.75, 3.05) is 6.54 Å². The van der Waals surface area contributed by atoms with Crippen LogP contribution in [-0.2, 0) is 62.3 Å². The van der Waals surface area contributed by atoms with E-state index in [-0.39, 0.29) is 0 Å². The van der Waals surface area contributed by atoms with Gasteiger partial charge in [0.2, 0.25) is 35.4 Å². The Balaban J connectivity index is 6.35. The first kappa shape index (κ1) is 46.1. The number of hydrogen-bond donors (Lipinski definition) is 14. The molecule has 0 rings (SSSR count). The third-order valence-electron chi connectivity index (χ3n) is 6.26. The average Bonchev–Trinajstić information content (AvgIpc) is 3.01. The number of rotatable bonds is 25. The molecule has 15 N–H and O–H groups in total. The van der Waals surface area contributed by atoms with Gasteiger partial charge in [0.15, 0.2) is 0 Å². The second-order valence-corrected chi connectivity index (χ2v) is 10.6. The number of carboxylic acid groups (broad SMARTS) is 7. The number of carbonyl (C=O) groups is 13. The fourth-order valence-electron chi connectivity index (χ4n) is 3.91. The summed E-state index contributed by atoms with van der Waals surface area (Å²) in [5.41, 5.74) is 5.11. The fraction of sp³-hybridized carbons (Fsp3) is 0.500. The van der Waals surface area contributed by atoms with Crippen molar-refractivity contribution < 1.29 is 98.1 Å². The van der Waals surface area contributed by atoms with Gasteiger partial charge in [0.25, 0.3) is 0 Å². The van der Waals surface area contributed by atoms with Crippen molar-refractivity contribution in [1.82, 2.24) is 31.9 Å². The van der Waals surface area contributed by atoms with Crippen LogP contribution in [0.2, 0.25) is 0 Å². The van der Waals surface area contributed by atoms with Crippen molar-refractivity contribution in [3.05, 3.63) is 0 Å². The second kappa shape index (κ2) is 22.0. The van der Waals surface area contributed by atoms with Crippen molar-refractivity contribution in [2.45, 2.75) is 74.8 Å². The number of aliphatic carboxylic acids is 7. The van der Waals surface area contributed by atoms with E-state index in [2.05, 4.69) is 0 Å². The molecule has 0 aliphatic rings. The Kier molecular flexibility index (Phi) is 19.1. The summed E-state index contributed by atoms with van der Waals surface area (Å²) < 4.78 is 0. The molecular weight excluding hydrogens is 730 g/mol. The van der Waals surface area contributed by atoms with Gasteiger partial charge in [-0.05, 0) is 0 Å². The Hall–Kier alpha value is -6.93. The lowest BCUT2D eigenvalue weighted by molar-refractivity contribution is -0.148. The van der Waals surface area contributed by atoms with Crippen LogP contribution in [0.4, 0.5) is 0 Å². The van der Waals surface area contributed by atoms with E-state index in [0.717, 1.165) is 0 Å². The molecule has 0 heterocycles. The molecule has 0 aliphatic carbocycles. The van der Waals surface area contributed by atoms with E-state index in [0.29, 0.717) is 0 Å². The van der Waals surface area contributed by atoms with Gasteiger partial charge in [-0.3, -0.25) is 57.5 Å². The molecule has 0 aromatic heterocycles. The van der Waals surface area contributed by atoms with Crippen LogP contribution in [0.1, 0.15) is 38.5 Å². The predicted octanol–water partition coefficient (Wildman–Crippen LogP) is -7.21. The first-order valence-corrected chi connectivity index (χ1v) is 14.5. The van der Waals surface area contributed by atoms with Gasteiger partial charge < -0.3 is 73.4 Å². The maximum Gasteiger partial charge on any atom is 0.326 e. The van der Waals surface area contributed by atoms with Crippen LogP contribution in [0.5, 0.6) is 0 Å². The van der Waals surface area contributed by atoms with Crippen LogP contribution >= 0.6 is 0 Å². The summed E-state index contributed by atoms with van der Waals surface area (Å²) >= 11 is 0. The van der Waals surface area contributed by atoms with E-state index in [4.69, 9.17) is 26.2 Å². The molecule has 294 valence electrons. The van der Waals surface area contributed by atoms with Crippen molar-refractivity contribution in [1.29, 1.82) is 0 Å². The van der Waals surface area contributed by atoms with Crippen LogP contribution in [0, 0.1) is 0 Å². The molecule has 0 saturated heterocycles. The summed E-state index contributed by atoms with van der Waals surface area (Å²) in [6, 6.07) is -13.1. The Morgan fingerprint density at radius 3 is 0.717 bits per heavy atom. The maximum absolute atomic E-state index is 13.1. The maximum atomic E-state index is 13.1. The van der Waals surface area contributed by atoms with Crippen LogP contribution in [0.15, 0.2) is 0 Å². The van der Waals surface area contributed by atoms with Gasteiger partial charge in [0, 0.05) is 0 Å². The molecule has 27 heteroatoms. The Morgan fingerprint density at radius 1 is 0.340 bits per heavy atom. The van der Waals surface area contributed by atoms with E-state index in [1.165, 1.54) is 0 Å². The molecular formula is C26H35N7O20. The summed E-state index contributed by atoms with van der Waals surface area (Å²) in [4.78, 5) is 155. The standard InChI is InChI=1S/C26H35N7O20/c27-7-14(34)28-8(1-15(35)36)21(47)29-9(2-16(37)38)22(48)30-10(3-17(39)40)23(49)31-11(4-18(41)42)24(50)32-12(5-19(43)44)25(51)33-13(26(52)53)6-20(45)46/h8-13H,1-7,27H2,(H,28,34)(H,29,47)(H,30,48)(H,31,49)(H,32,50)(H,33,51)(H,35,36)(H,37,38)(H,39,40)(H,41,42)(H,43,44)(H,45,46)(H,52,53)/t8-,9-,10-,11-,12-,13-/m0/s1. The Labute approximate surface area is 294 Å². The summed E-state index contributed by atoms with van der Waals surface area (Å²) in [5.74, 6) is -21.4. The number of carbonyl (C=O) groups excluding carboxylic acids is 6. The minimum absolute atomic E-state index is 0.722. The van der Waals surface area contributed by atoms with E-state index >= 15 is 0 Å². The highest BCUT2D eigenvalue weighted by Crippen LogP contribution is 2.05. The van der Waals surface area contributed by atoms with E-state index < -0.39 is 159 Å². The number of nitrogens with two attached hydrogens (primary N) is 1. The molecule has 0 spiro atoms. The SMILES string of the molecule is NCC(=O)N[C@@H](CC(=O)O)C(=O)N[C@@H](CC(=O)O)C(=O)N[C@@H](CC(=O)O)C(=O)N[C@@H](CC(=O)O)C(=O)N[C@@H](CC(=O)O)C(=O)N[C@@H](CC(=O)O)C(=O)O. The molecule has 0 radical (unpaired) electrons. The summed E-state index contributed by atoms with van der Waals surface area (Å²) in [6.07, 6.45) is -7.59. The Morgan fingerprint density at radius 2 is 0.528 bits per heavy atom. The van der Waals surface area contributed by atoms with Crippen molar-refractivity contribution in [3.63, 3.8) is 0 Å². The van der Waals surface area contributed by atoms with Crippen LogP contribution in [0.25, 0.3) is 0 Å². The zero-order valence-corrected chi connectivity index (χ0v) is 26.9. The lowest BCUT2D eigenvalue weighted by Gasteiger charge is -2.26. The molecule has 27 nitrogen and oxygen atoms in total. The Bertz CT molecular complexity index is 1500. The minimum Gasteiger partial charge on any atom is -0.481 e. The van der Waals surface area contributed by atoms with Crippen LogP contribution in [0.3, 0.4) is 0 Å². The predicted molar refractivity (Wildman–Crippen MR) is 162 cm³/mol. The number of hydrogen-bond acceptors (Lipinski definition) is 14. The monoisotopic (exact) mass is 765 g/mol. The summed E-state index contributed by atoms with van der Waals surface area (Å²) in [6.45, 7) is -0.722. The topological polar surface area (TPSA) is 462 Å². The quantitative estimate of drug-likeness (QED) is 0.0410. The lowest BCUT2D eigenvalue weighted by Crippen LogP contribution is -2.60. The fourth-order valence-corrected chi connectivity index (χ4v) is 3.91. The van der Waals surface area contributed by atoms with Crippen LogP contribution in [-0.4, -0.2) is 156 Å². The molecule has 6 atom stereocenters. The second-order valence-electron chi connectivity index (χ2n) is 10.6. The molecule has 0 aromatic carbocycles. The average molecular weight is 766 g/mol. The van der Waals surface area contributed by atoms with Crippen molar-refractivity contribution in [2.24, 2.45) is 5.73 Å². The van der Waals surface area contributed by atoms with Gasteiger partial charge in [-0.25, -0.2) is 4.79 Å². The third kappa shape index (κ3) is 18.6. The molecule has 6 amide bonds. The zero-order chi connectivity index (χ0) is 41.2. The molecule has 0 fully saturated rings. The first-order valence-electron chi connectivity index (χ1n) is 14.5. The van der Waals surface area contributed by atoms with Gasteiger partial charge in [-0.2, -0.15) is 0 Å². The van der Waals surface area contributed by atoms with Gasteiger partial charge in [-0.1, -0.05) is 0 Å². The van der Waals surface area contributed by atoms with Crippen molar-refractivity contribution in [3.8, 4) is 0 Å². The van der Waals surface area contributed by atoms with Gasteiger partial charge in [-0.15, -0.1) is 0 Å². The molecule has 0 saturated carbocycles. The van der Waals surface area contributed by atoms with E-state index in [1.54, 1.807) is 21.3 Å². The van der Waals surface area contributed by atoms with Gasteiger partial charge in [0.05, 0.1) is 45.1 Å². The molecule has 0 unspecified atom stereocenters. The van der Waals surface area contributed by atoms with Crippen LogP contribution < -0.4 is 37.6 Å². The van der Waals surface area contributed by atoms with Gasteiger partial charge in [0.1, 0.15) is 36.3 Å². The normalized spacial score (nSPS) is 13.8. The highest BCUT2D eigenvalue weighted by atomic mass is 16.4. The largest absolute Gasteiger partial charge is 0.481 e. The highest BCUT2D eigenvalue weighted by Gasteiger charge is 2.36. The number of nitrogens with one attached hydrogen (secondary N) is 6. The first-order chi connectivity index (χ1) is 24.5. The molecule has 0 bridgehead atoms. The molecule has 53 heavy (non-hydrogen) atoms.